The van der Waals surface area contributed by atoms with E-state index in [2.05, 4.69) is 18.1 Å². The smallest absolute Gasteiger partial charge is 0.0229 e. The lowest BCUT2D eigenvalue weighted by Crippen LogP contribution is -1.63. The summed E-state index contributed by atoms with van der Waals surface area (Å²) in [5.41, 5.74) is 1.17. The first kappa shape index (κ1) is 10.5. The molecule has 1 aromatic carbocycles. The van der Waals surface area contributed by atoms with Crippen molar-refractivity contribution in [1.29, 1.82) is 0 Å². The van der Waals surface area contributed by atoms with Crippen LogP contribution in [0.15, 0.2) is 48.4 Å². The summed E-state index contributed by atoms with van der Waals surface area (Å²) in [6.45, 7) is 3.63. The fraction of sp³-hybridized carbons (Fsp3) is 0.0909. The van der Waals surface area contributed by atoms with Crippen LogP contribution in [0.25, 0.3) is 6.08 Å². The van der Waals surface area contributed by atoms with Gasteiger partial charge in [0.25, 0.3) is 0 Å². The van der Waals surface area contributed by atoms with Crippen LogP contribution in [0.1, 0.15) is 5.56 Å². The molecule has 0 aliphatic carbocycles. The first-order valence-corrected chi connectivity index (χ1v) is 6.42. The van der Waals surface area contributed by atoms with Gasteiger partial charge in [0.05, 0.1) is 0 Å². The zero-order valence-corrected chi connectivity index (χ0v) is 8.98. The Hall–Kier alpha value is -0.600. The summed E-state index contributed by atoms with van der Waals surface area (Å²) >= 11 is 0. The van der Waals surface area contributed by atoms with E-state index in [-0.39, 0.29) is 0 Å². The van der Waals surface area contributed by atoms with Gasteiger partial charge in [0.2, 0.25) is 0 Å². The van der Waals surface area contributed by atoms with E-state index in [1.165, 1.54) is 11.3 Å². The van der Waals surface area contributed by atoms with Gasteiger partial charge in [0, 0.05) is 5.75 Å². The summed E-state index contributed by atoms with van der Waals surface area (Å²) in [5, 5.41) is 2.12. The van der Waals surface area contributed by atoms with Crippen molar-refractivity contribution in [2.75, 3.05) is 5.75 Å². The minimum absolute atomic E-state index is 1.17. The second kappa shape index (κ2) is 6.87. The van der Waals surface area contributed by atoms with Crippen LogP contribution in [0.4, 0.5) is 0 Å². The van der Waals surface area contributed by atoms with Gasteiger partial charge in [-0.15, -0.1) is 0 Å². The Kier molecular flexibility index (Phi) is 5.54. The Balaban J connectivity index is 0.000000145. The summed E-state index contributed by atoms with van der Waals surface area (Å²) in [5.74, 6) is 1.20. The van der Waals surface area contributed by atoms with Gasteiger partial charge < -0.3 is 0 Å². The minimum atomic E-state index is 1.17. The molecule has 0 saturated heterocycles. The molecule has 0 nitrogen and oxygen atoms in total. The van der Waals surface area contributed by atoms with Crippen molar-refractivity contribution in [3.8, 4) is 0 Å². The van der Waals surface area contributed by atoms with E-state index < -0.39 is 0 Å². The van der Waals surface area contributed by atoms with Crippen LogP contribution in [0, 0.1) is 0 Å². The molecule has 13 heavy (non-hydrogen) atoms. The molecule has 1 aromatic rings. The van der Waals surface area contributed by atoms with E-state index in [1.54, 1.807) is 0 Å². The maximum absolute atomic E-state index is 3.63. The van der Waals surface area contributed by atoms with Crippen molar-refractivity contribution < 1.29 is 0 Å². The minimum Gasteiger partial charge on any atom is -0.0985 e. The molecular formula is C11H12S2. The van der Waals surface area contributed by atoms with Crippen molar-refractivity contribution in [2.24, 2.45) is 0 Å². The first-order valence-electron chi connectivity index (χ1n) is 4.04. The molecule has 1 heterocycles. The van der Waals surface area contributed by atoms with Crippen molar-refractivity contribution in [1.82, 2.24) is 0 Å². The molecule has 0 bridgehead atoms. The summed E-state index contributed by atoms with van der Waals surface area (Å²) < 4.78 is 0. The highest BCUT2D eigenvalue weighted by Crippen LogP contribution is 2.27. The van der Waals surface area contributed by atoms with Crippen LogP contribution in [0.3, 0.4) is 0 Å². The molecule has 0 fully saturated rings. The van der Waals surface area contributed by atoms with Gasteiger partial charge >= 0.3 is 0 Å². The second-order valence-corrected chi connectivity index (χ2v) is 4.69. The van der Waals surface area contributed by atoms with Crippen LogP contribution < -0.4 is 0 Å². The molecule has 2 rings (SSSR count). The maximum atomic E-state index is 3.63. The number of hydrogen-bond donors (Lipinski definition) is 0. The van der Waals surface area contributed by atoms with Gasteiger partial charge in [-0.25, -0.2) is 0 Å². The molecule has 0 spiro atoms. The lowest BCUT2D eigenvalue weighted by molar-refractivity contribution is 1.67. The van der Waals surface area contributed by atoms with E-state index in [9.17, 15) is 0 Å². The fourth-order valence-electron chi connectivity index (χ4n) is 0.786. The van der Waals surface area contributed by atoms with Gasteiger partial charge in [-0.2, -0.15) is 0 Å². The predicted octanol–water partition coefficient (Wildman–Crippen LogP) is 4.22. The third kappa shape index (κ3) is 4.86. The summed E-state index contributed by atoms with van der Waals surface area (Å²) in [4.78, 5) is 0. The van der Waals surface area contributed by atoms with Crippen molar-refractivity contribution in [3.05, 3.63) is 54.0 Å². The third-order valence-corrected chi connectivity index (χ3v) is 3.34. The molecule has 0 saturated carbocycles. The molecule has 68 valence electrons. The number of rotatable bonds is 1. The van der Waals surface area contributed by atoms with Crippen molar-refractivity contribution in [2.45, 2.75) is 0 Å². The van der Waals surface area contributed by atoms with Crippen LogP contribution in [0.5, 0.6) is 0 Å². The zero-order valence-electron chi connectivity index (χ0n) is 7.35. The highest BCUT2D eigenvalue weighted by molar-refractivity contribution is 8.78. The summed E-state index contributed by atoms with van der Waals surface area (Å²) in [6, 6.07) is 10.0. The van der Waals surface area contributed by atoms with Crippen LogP contribution >= 0.6 is 21.6 Å². The van der Waals surface area contributed by atoms with Gasteiger partial charge in [0.1, 0.15) is 0 Å². The monoisotopic (exact) mass is 208 g/mol. The Morgan fingerprint density at radius 2 is 2.00 bits per heavy atom. The maximum Gasteiger partial charge on any atom is 0.0229 e. The third-order valence-electron chi connectivity index (χ3n) is 1.42. The normalized spacial score (nSPS) is 13.2. The van der Waals surface area contributed by atoms with Crippen LogP contribution in [-0.4, -0.2) is 5.75 Å². The highest BCUT2D eigenvalue weighted by Gasteiger charge is 1.85. The summed E-state index contributed by atoms with van der Waals surface area (Å²) in [7, 11) is 3.69. The Labute approximate surface area is 87.5 Å². The van der Waals surface area contributed by atoms with E-state index in [4.69, 9.17) is 0 Å². The molecule has 0 unspecified atom stereocenters. The van der Waals surface area contributed by atoms with Gasteiger partial charge in [-0.05, 0) is 11.0 Å². The van der Waals surface area contributed by atoms with Gasteiger partial charge in [-0.3, -0.25) is 0 Å². The quantitative estimate of drug-likeness (QED) is 0.634. The Bertz CT molecular complexity index is 259. The second-order valence-electron chi connectivity index (χ2n) is 2.37. The number of hydrogen-bond acceptors (Lipinski definition) is 2. The average molecular weight is 208 g/mol. The topological polar surface area (TPSA) is 0 Å². The molecule has 0 amide bonds. The predicted molar refractivity (Wildman–Crippen MR) is 65.7 cm³/mol. The lowest BCUT2D eigenvalue weighted by atomic mass is 10.2. The molecule has 1 aliphatic rings. The largest absolute Gasteiger partial charge is 0.0985 e. The van der Waals surface area contributed by atoms with Crippen molar-refractivity contribution in [3.63, 3.8) is 0 Å². The van der Waals surface area contributed by atoms with E-state index in [0.29, 0.717) is 0 Å². The van der Waals surface area contributed by atoms with Crippen molar-refractivity contribution >= 4 is 27.7 Å². The van der Waals surface area contributed by atoms with Crippen LogP contribution in [-0.2, 0) is 0 Å². The summed E-state index contributed by atoms with van der Waals surface area (Å²) in [6.07, 6.45) is 4.00. The zero-order chi connectivity index (χ0) is 9.36. The standard InChI is InChI=1S/C8H8.C3H4S2/c1-2-8-6-4-3-5-7-8;1-2-4-5-3-1/h2-7H,1H2;1-2H,3H2. The Morgan fingerprint density at radius 3 is 2.31 bits per heavy atom. The molecule has 2 heteroatoms. The SMILES string of the molecule is C1=CSSC1.C=Cc1ccccc1. The Morgan fingerprint density at radius 1 is 1.23 bits per heavy atom. The molecule has 1 aliphatic heterocycles. The molecule has 0 atom stereocenters. The fourth-order valence-corrected chi connectivity index (χ4v) is 2.36. The molecule has 0 N–H and O–H groups in total. The van der Waals surface area contributed by atoms with Crippen LogP contribution in [0.2, 0.25) is 0 Å². The molecule has 0 radical (unpaired) electrons. The van der Waals surface area contributed by atoms with E-state index >= 15 is 0 Å². The van der Waals surface area contributed by atoms with E-state index in [1.807, 2.05) is 58.0 Å². The van der Waals surface area contributed by atoms with E-state index in [0.717, 1.165) is 0 Å². The molecular weight excluding hydrogens is 196 g/mol. The molecule has 0 aromatic heterocycles. The van der Waals surface area contributed by atoms with Gasteiger partial charge in [0.15, 0.2) is 0 Å². The highest BCUT2D eigenvalue weighted by atomic mass is 33.1. The van der Waals surface area contributed by atoms with Gasteiger partial charge in [-0.1, -0.05) is 70.7 Å². The number of benzene rings is 1. The first-order chi connectivity index (χ1) is 6.43. The lowest BCUT2D eigenvalue weighted by Gasteiger charge is -1.85. The average Bonchev–Trinajstić information content (AvgIpc) is 2.77.